The smallest absolute Gasteiger partial charge is 0.0400 e. The van der Waals surface area contributed by atoms with Crippen LogP contribution in [0.1, 0.15) is 0 Å². The van der Waals surface area contributed by atoms with E-state index in [2.05, 4.69) is 109 Å². The lowest BCUT2D eigenvalue weighted by Gasteiger charge is -2.20. The lowest BCUT2D eigenvalue weighted by Crippen LogP contribution is -1.97. The van der Waals surface area contributed by atoms with Crippen LogP contribution in [-0.4, -0.2) is 0 Å². The Morgan fingerprint density at radius 1 is 0.361 bits per heavy atom. The molecule has 0 fully saturated rings. The first-order valence-corrected chi connectivity index (χ1v) is 12.1. The zero-order chi connectivity index (χ0) is 24.5. The van der Waals surface area contributed by atoms with Gasteiger partial charge in [-0.05, 0) is 67.9 Å². The first kappa shape index (κ1) is 21.7. The largest absolute Gasteiger partial charge is 0.399 e. The van der Waals surface area contributed by atoms with Crippen LogP contribution in [0.4, 0.5) is 11.4 Å². The number of nitrogens with two attached hydrogens (primary N) is 2. The van der Waals surface area contributed by atoms with Crippen molar-refractivity contribution in [2.75, 3.05) is 11.5 Å². The maximum absolute atomic E-state index is 6.75. The summed E-state index contributed by atoms with van der Waals surface area (Å²) in [5, 5.41) is 2.38. The van der Waals surface area contributed by atoms with Gasteiger partial charge in [0.1, 0.15) is 0 Å². The molecule has 0 spiro atoms. The molecule has 6 aromatic carbocycles. The molecule has 2 nitrogen and oxygen atoms in total. The van der Waals surface area contributed by atoms with Gasteiger partial charge in [0.15, 0.2) is 0 Å². The van der Waals surface area contributed by atoms with Gasteiger partial charge in [-0.25, -0.2) is 0 Å². The summed E-state index contributed by atoms with van der Waals surface area (Å²) in [6.07, 6.45) is 0. The highest BCUT2D eigenvalue weighted by Gasteiger charge is 2.19. The highest BCUT2D eigenvalue weighted by atomic mass is 14.6. The highest BCUT2D eigenvalue weighted by Crippen LogP contribution is 2.45. The van der Waals surface area contributed by atoms with Gasteiger partial charge in [0.25, 0.3) is 0 Å². The van der Waals surface area contributed by atoms with Crippen molar-refractivity contribution in [1.82, 2.24) is 0 Å². The van der Waals surface area contributed by atoms with Crippen molar-refractivity contribution in [1.29, 1.82) is 0 Å². The molecular formula is C34H26N2. The summed E-state index contributed by atoms with van der Waals surface area (Å²) in [5.74, 6) is 0. The molecule has 0 bridgehead atoms. The third kappa shape index (κ3) is 3.89. The molecule has 0 saturated heterocycles. The van der Waals surface area contributed by atoms with E-state index >= 15 is 0 Å². The fourth-order valence-electron chi connectivity index (χ4n) is 5.02. The number of rotatable bonds is 4. The fraction of sp³-hybridized carbons (Fsp3) is 0. The third-order valence-corrected chi connectivity index (χ3v) is 6.80. The first-order valence-electron chi connectivity index (χ1n) is 12.1. The van der Waals surface area contributed by atoms with Crippen LogP contribution in [0.2, 0.25) is 0 Å². The van der Waals surface area contributed by atoms with Gasteiger partial charge in [-0.15, -0.1) is 0 Å². The second-order valence-electron chi connectivity index (χ2n) is 9.04. The Balaban J connectivity index is 1.63. The van der Waals surface area contributed by atoms with Gasteiger partial charge in [-0.2, -0.15) is 0 Å². The van der Waals surface area contributed by atoms with Crippen LogP contribution in [0.5, 0.6) is 0 Å². The molecule has 6 aromatic rings. The number of nitrogen functional groups attached to an aromatic ring is 2. The third-order valence-electron chi connectivity index (χ3n) is 6.80. The molecule has 0 atom stereocenters. The molecule has 0 aromatic heterocycles. The van der Waals surface area contributed by atoms with Gasteiger partial charge in [-0.3, -0.25) is 0 Å². The SMILES string of the molecule is Nc1ccc(-c2ccc(N)c(-c3cccc4ccccc34)c2-c2ccc(-c3ccccc3)cc2)cc1. The van der Waals surface area contributed by atoms with Crippen LogP contribution < -0.4 is 11.5 Å². The van der Waals surface area contributed by atoms with Crippen molar-refractivity contribution in [3.05, 3.63) is 133 Å². The van der Waals surface area contributed by atoms with E-state index in [1.807, 2.05) is 24.3 Å². The maximum atomic E-state index is 6.75. The van der Waals surface area contributed by atoms with Gasteiger partial charge in [0.05, 0.1) is 0 Å². The Bertz CT molecular complexity index is 1660. The van der Waals surface area contributed by atoms with E-state index in [9.17, 15) is 0 Å². The van der Waals surface area contributed by atoms with Crippen LogP contribution in [-0.2, 0) is 0 Å². The molecule has 0 heterocycles. The first-order chi connectivity index (χ1) is 17.7. The van der Waals surface area contributed by atoms with Crippen molar-refractivity contribution in [2.45, 2.75) is 0 Å². The molecule has 172 valence electrons. The average molecular weight is 463 g/mol. The standard InChI is InChI=1S/C34H26N2/c35-28-19-17-26(18-20-28)30-21-22-32(36)34(31-12-6-10-25-9-4-5-11-29(25)31)33(30)27-15-13-24(14-16-27)23-7-2-1-3-8-23/h1-22H,35-36H2. The zero-order valence-corrected chi connectivity index (χ0v) is 19.9. The molecular weight excluding hydrogens is 436 g/mol. The summed E-state index contributed by atoms with van der Waals surface area (Å²) < 4.78 is 0. The summed E-state index contributed by atoms with van der Waals surface area (Å²) >= 11 is 0. The lowest BCUT2D eigenvalue weighted by atomic mass is 9.84. The molecule has 0 aliphatic rings. The van der Waals surface area contributed by atoms with Gasteiger partial charge < -0.3 is 11.5 Å². The molecule has 6 rings (SSSR count). The van der Waals surface area contributed by atoms with Gasteiger partial charge in [0, 0.05) is 16.9 Å². The Kier molecular flexibility index (Phi) is 5.48. The summed E-state index contributed by atoms with van der Waals surface area (Å²) in [6, 6.07) is 46.3. The summed E-state index contributed by atoms with van der Waals surface area (Å²) in [7, 11) is 0. The second kappa shape index (κ2) is 9.09. The molecule has 0 aliphatic heterocycles. The molecule has 0 unspecified atom stereocenters. The van der Waals surface area contributed by atoms with Crippen LogP contribution in [0, 0.1) is 0 Å². The van der Waals surface area contributed by atoms with Crippen LogP contribution >= 0.6 is 0 Å². The fourth-order valence-corrected chi connectivity index (χ4v) is 5.02. The van der Waals surface area contributed by atoms with E-state index in [0.717, 1.165) is 44.8 Å². The van der Waals surface area contributed by atoms with E-state index < -0.39 is 0 Å². The Morgan fingerprint density at radius 3 is 1.75 bits per heavy atom. The lowest BCUT2D eigenvalue weighted by molar-refractivity contribution is 1.55. The molecule has 4 N–H and O–H groups in total. The van der Waals surface area contributed by atoms with Crippen molar-refractivity contribution in [3.63, 3.8) is 0 Å². The van der Waals surface area contributed by atoms with E-state index in [0.29, 0.717) is 0 Å². The topological polar surface area (TPSA) is 52.0 Å². The van der Waals surface area contributed by atoms with Crippen LogP contribution in [0.3, 0.4) is 0 Å². The summed E-state index contributed by atoms with van der Waals surface area (Å²) in [6.45, 7) is 0. The van der Waals surface area contributed by atoms with E-state index in [1.165, 1.54) is 21.9 Å². The van der Waals surface area contributed by atoms with Gasteiger partial charge in [-0.1, -0.05) is 115 Å². The number of hydrogen-bond donors (Lipinski definition) is 2. The number of fused-ring (bicyclic) bond motifs is 1. The molecule has 0 saturated carbocycles. The van der Waals surface area contributed by atoms with Crippen molar-refractivity contribution < 1.29 is 0 Å². The Labute approximate surface area is 211 Å². The van der Waals surface area contributed by atoms with Crippen molar-refractivity contribution in [2.24, 2.45) is 0 Å². The second-order valence-corrected chi connectivity index (χ2v) is 9.04. The predicted molar refractivity (Wildman–Crippen MR) is 155 cm³/mol. The molecule has 0 radical (unpaired) electrons. The highest BCUT2D eigenvalue weighted by molar-refractivity contribution is 6.07. The monoisotopic (exact) mass is 462 g/mol. The summed E-state index contributed by atoms with van der Waals surface area (Å²) in [5.41, 5.74) is 23.3. The minimum atomic E-state index is 0.747. The van der Waals surface area contributed by atoms with E-state index in [-0.39, 0.29) is 0 Å². The number of benzene rings is 6. The van der Waals surface area contributed by atoms with Crippen molar-refractivity contribution in [3.8, 4) is 44.5 Å². The predicted octanol–water partition coefficient (Wildman–Crippen LogP) is 8.67. The van der Waals surface area contributed by atoms with E-state index in [1.54, 1.807) is 0 Å². The average Bonchev–Trinajstić information content (AvgIpc) is 2.94. The van der Waals surface area contributed by atoms with E-state index in [4.69, 9.17) is 11.5 Å². The van der Waals surface area contributed by atoms with Crippen molar-refractivity contribution >= 4 is 22.1 Å². The quantitative estimate of drug-likeness (QED) is 0.257. The molecule has 2 heteroatoms. The van der Waals surface area contributed by atoms with Crippen LogP contribution in [0.25, 0.3) is 55.3 Å². The summed E-state index contributed by atoms with van der Waals surface area (Å²) in [4.78, 5) is 0. The van der Waals surface area contributed by atoms with Crippen LogP contribution in [0.15, 0.2) is 133 Å². The molecule has 36 heavy (non-hydrogen) atoms. The minimum Gasteiger partial charge on any atom is -0.399 e. The Hall–Kier alpha value is -4.82. The van der Waals surface area contributed by atoms with Gasteiger partial charge in [0.2, 0.25) is 0 Å². The Morgan fingerprint density at radius 2 is 0.972 bits per heavy atom. The normalized spacial score (nSPS) is 11.0. The molecule has 0 amide bonds. The maximum Gasteiger partial charge on any atom is 0.0400 e. The van der Waals surface area contributed by atoms with Gasteiger partial charge >= 0.3 is 0 Å². The zero-order valence-electron chi connectivity index (χ0n) is 19.9. The molecule has 0 aliphatic carbocycles. The number of anilines is 2. The minimum absolute atomic E-state index is 0.747. The number of hydrogen-bond acceptors (Lipinski definition) is 2.